The van der Waals surface area contributed by atoms with E-state index >= 15 is 0 Å². The van der Waals surface area contributed by atoms with Crippen LogP contribution in [0.4, 0.5) is 0 Å². The Morgan fingerprint density at radius 3 is 3.00 bits per heavy atom. The third kappa shape index (κ3) is 2.61. The van der Waals surface area contributed by atoms with Crippen molar-refractivity contribution in [2.75, 3.05) is 0 Å². The molecule has 16 heavy (non-hydrogen) atoms. The van der Waals surface area contributed by atoms with Gasteiger partial charge in [-0.05, 0) is 12.8 Å². The van der Waals surface area contributed by atoms with Gasteiger partial charge in [0.25, 0.3) is 5.91 Å². The van der Waals surface area contributed by atoms with E-state index in [0.29, 0.717) is 5.69 Å². The summed E-state index contributed by atoms with van der Waals surface area (Å²) in [6.45, 7) is 0. The van der Waals surface area contributed by atoms with Gasteiger partial charge in [-0.3, -0.25) is 4.79 Å². The number of carbonyl (C=O) groups excluding carboxylic acids is 1. The summed E-state index contributed by atoms with van der Waals surface area (Å²) in [4.78, 5) is 18.3. The minimum atomic E-state index is -0.422. The Bertz CT molecular complexity index is 337. The highest BCUT2D eigenvalue weighted by Crippen LogP contribution is 2.18. The van der Waals surface area contributed by atoms with Crippen LogP contribution in [0.5, 0.6) is 0 Å². The molecule has 2 unspecified atom stereocenters. The van der Waals surface area contributed by atoms with E-state index in [-0.39, 0.29) is 11.9 Å². The molecule has 0 radical (unpaired) electrons. The summed E-state index contributed by atoms with van der Waals surface area (Å²) in [5.74, 6) is -0.191. The maximum Gasteiger partial charge on any atom is 0.269 e. The molecule has 1 aliphatic carbocycles. The molecule has 0 bridgehead atoms. The zero-order chi connectivity index (χ0) is 11.4. The largest absolute Gasteiger partial charge is 0.391 e. The number of hydrogen-bond donors (Lipinski definition) is 3. The van der Waals surface area contributed by atoms with Crippen LogP contribution in [0.2, 0.25) is 0 Å². The van der Waals surface area contributed by atoms with E-state index in [4.69, 9.17) is 0 Å². The number of aliphatic hydroxyl groups is 1. The fraction of sp³-hybridized carbons (Fsp3) is 0.636. The normalized spacial score (nSPS) is 26.1. The number of aromatic nitrogens is 2. The number of carbonyl (C=O) groups is 1. The Morgan fingerprint density at radius 1 is 1.44 bits per heavy atom. The molecule has 5 heteroatoms. The standard InChI is InChI=1S/C11H17N3O2/c15-10-5-3-1-2-4-8(10)14-11(16)9-6-12-7-13-9/h6-8,10,15H,1-5H2,(H,12,13)(H,14,16). The number of hydrogen-bond acceptors (Lipinski definition) is 3. The SMILES string of the molecule is O=C(NC1CCCCCC1O)c1cnc[nH]1. The molecule has 2 rings (SSSR count). The molecular weight excluding hydrogens is 206 g/mol. The van der Waals surface area contributed by atoms with Gasteiger partial charge in [0, 0.05) is 0 Å². The highest BCUT2D eigenvalue weighted by Gasteiger charge is 2.23. The molecule has 1 aromatic heterocycles. The van der Waals surface area contributed by atoms with Crippen LogP contribution in [0.1, 0.15) is 42.6 Å². The van der Waals surface area contributed by atoms with Crippen molar-refractivity contribution in [2.24, 2.45) is 0 Å². The fourth-order valence-electron chi connectivity index (χ4n) is 2.08. The van der Waals surface area contributed by atoms with Crippen LogP contribution < -0.4 is 5.32 Å². The second-order valence-corrected chi connectivity index (χ2v) is 4.25. The minimum Gasteiger partial charge on any atom is -0.391 e. The molecular formula is C11H17N3O2. The Morgan fingerprint density at radius 2 is 2.25 bits per heavy atom. The van der Waals surface area contributed by atoms with Gasteiger partial charge in [0.15, 0.2) is 0 Å². The number of amides is 1. The van der Waals surface area contributed by atoms with E-state index in [1.165, 1.54) is 12.5 Å². The lowest BCUT2D eigenvalue weighted by molar-refractivity contribution is 0.0815. The van der Waals surface area contributed by atoms with Crippen LogP contribution in [0.25, 0.3) is 0 Å². The number of aliphatic hydroxyl groups excluding tert-OH is 1. The van der Waals surface area contributed by atoms with Gasteiger partial charge in [-0.25, -0.2) is 4.98 Å². The van der Waals surface area contributed by atoms with Crippen LogP contribution in [0, 0.1) is 0 Å². The van der Waals surface area contributed by atoms with Gasteiger partial charge < -0.3 is 15.4 Å². The van der Waals surface area contributed by atoms with Crippen LogP contribution in [-0.2, 0) is 0 Å². The quantitative estimate of drug-likeness (QED) is 0.650. The molecule has 2 atom stereocenters. The average Bonchev–Trinajstić information content (AvgIpc) is 2.73. The van der Waals surface area contributed by atoms with E-state index in [2.05, 4.69) is 15.3 Å². The van der Waals surface area contributed by atoms with Gasteiger partial charge in [0.1, 0.15) is 5.69 Å². The predicted molar refractivity (Wildman–Crippen MR) is 58.9 cm³/mol. The number of imidazole rings is 1. The van der Waals surface area contributed by atoms with Gasteiger partial charge >= 0.3 is 0 Å². The third-order valence-electron chi connectivity index (χ3n) is 3.04. The topological polar surface area (TPSA) is 78.0 Å². The van der Waals surface area contributed by atoms with E-state index in [0.717, 1.165) is 32.1 Å². The lowest BCUT2D eigenvalue weighted by Gasteiger charge is -2.21. The number of nitrogens with one attached hydrogen (secondary N) is 2. The third-order valence-corrected chi connectivity index (χ3v) is 3.04. The summed E-state index contributed by atoms with van der Waals surface area (Å²) in [7, 11) is 0. The maximum atomic E-state index is 11.7. The number of H-pyrrole nitrogens is 1. The summed E-state index contributed by atoms with van der Waals surface area (Å²) in [5, 5.41) is 12.7. The zero-order valence-electron chi connectivity index (χ0n) is 9.15. The summed E-state index contributed by atoms with van der Waals surface area (Å²) in [6.07, 6.45) is 7.39. The average molecular weight is 223 g/mol. The smallest absolute Gasteiger partial charge is 0.269 e. The van der Waals surface area contributed by atoms with Crippen molar-refractivity contribution in [1.29, 1.82) is 0 Å². The van der Waals surface area contributed by atoms with Crippen molar-refractivity contribution in [3.05, 3.63) is 18.2 Å². The zero-order valence-corrected chi connectivity index (χ0v) is 9.15. The van der Waals surface area contributed by atoms with Gasteiger partial charge in [0.05, 0.1) is 24.7 Å². The Balaban J connectivity index is 1.95. The first-order valence-corrected chi connectivity index (χ1v) is 5.74. The van der Waals surface area contributed by atoms with Crippen molar-refractivity contribution in [2.45, 2.75) is 44.2 Å². The van der Waals surface area contributed by atoms with Crippen molar-refractivity contribution >= 4 is 5.91 Å². The first-order chi connectivity index (χ1) is 7.77. The Hall–Kier alpha value is -1.36. The van der Waals surface area contributed by atoms with Crippen molar-refractivity contribution in [3.63, 3.8) is 0 Å². The second kappa shape index (κ2) is 5.12. The molecule has 1 aromatic rings. The van der Waals surface area contributed by atoms with E-state index < -0.39 is 6.10 Å². The molecule has 1 heterocycles. The minimum absolute atomic E-state index is 0.127. The summed E-state index contributed by atoms with van der Waals surface area (Å²) in [5.41, 5.74) is 0.441. The molecule has 0 spiro atoms. The summed E-state index contributed by atoms with van der Waals surface area (Å²) < 4.78 is 0. The Labute approximate surface area is 94.3 Å². The molecule has 3 N–H and O–H groups in total. The van der Waals surface area contributed by atoms with Crippen LogP contribution in [0.15, 0.2) is 12.5 Å². The maximum absolute atomic E-state index is 11.7. The molecule has 1 saturated carbocycles. The van der Waals surface area contributed by atoms with Crippen molar-refractivity contribution in [1.82, 2.24) is 15.3 Å². The van der Waals surface area contributed by atoms with Crippen LogP contribution in [0.3, 0.4) is 0 Å². The molecule has 0 aliphatic heterocycles. The highest BCUT2D eigenvalue weighted by atomic mass is 16.3. The molecule has 5 nitrogen and oxygen atoms in total. The van der Waals surface area contributed by atoms with E-state index in [1.54, 1.807) is 0 Å². The molecule has 0 aromatic carbocycles. The molecule has 1 aliphatic rings. The van der Waals surface area contributed by atoms with Crippen LogP contribution in [-0.4, -0.2) is 33.1 Å². The second-order valence-electron chi connectivity index (χ2n) is 4.25. The first-order valence-electron chi connectivity index (χ1n) is 5.74. The van der Waals surface area contributed by atoms with E-state index in [1.807, 2.05) is 0 Å². The van der Waals surface area contributed by atoms with Gasteiger partial charge in [0.2, 0.25) is 0 Å². The molecule has 1 fully saturated rings. The van der Waals surface area contributed by atoms with E-state index in [9.17, 15) is 9.90 Å². The number of rotatable bonds is 2. The van der Waals surface area contributed by atoms with Gasteiger partial charge in [-0.2, -0.15) is 0 Å². The monoisotopic (exact) mass is 223 g/mol. The lowest BCUT2D eigenvalue weighted by Crippen LogP contribution is -2.42. The summed E-state index contributed by atoms with van der Waals surface area (Å²) in [6, 6.07) is -0.127. The molecule has 0 saturated heterocycles. The predicted octanol–water partition coefficient (Wildman–Crippen LogP) is 0.833. The van der Waals surface area contributed by atoms with Crippen molar-refractivity contribution < 1.29 is 9.90 Å². The molecule has 88 valence electrons. The number of nitrogens with zero attached hydrogens (tertiary/aromatic N) is 1. The van der Waals surface area contributed by atoms with Crippen molar-refractivity contribution in [3.8, 4) is 0 Å². The van der Waals surface area contributed by atoms with Crippen LogP contribution >= 0.6 is 0 Å². The lowest BCUT2D eigenvalue weighted by atomic mass is 10.1. The number of aromatic amines is 1. The Kier molecular flexibility index (Phi) is 3.56. The fourth-order valence-corrected chi connectivity index (χ4v) is 2.08. The molecule has 1 amide bonds. The highest BCUT2D eigenvalue weighted by molar-refractivity contribution is 5.92. The van der Waals surface area contributed by atoms with Gasteiger partial charge in [-0.1, -0.05) is 19.3 Å². The van der Waals surface area contributed by atoms with Gasteiger partial charge in [-0.15, -0.1) is 0 Å². The summed E-state index contributed by atoms with van der Waals surface area (Å²) >= 11 is 0. The first kappa shape index (κ1) is 11.1.